The largest absolute Gasteiger partial charge is 0.355 e. The predicted octanol–water partition coefficient (Wildman–Crippen LogP) is 3.62. The van der Waals surface area contributed by atoms with Gasteiger partial charge in [0, 0.05) is 17.3 Å². The van der Waals surface area contributed by atoms with Gasteiger partial charge in [-0.25, -0.2) is 0 Å². The number of unbranched alkanes of at least 4 members (excludes halogenated alkanes) is 3. The molecule has 0 saturated carbocycles. The average molecular weight is 298 g/mol. The first-order valence-electron chi connectivity index (χ1n) is 6.89. The third-order valence-electron chi connectivity index (χ3n) is 3.30. The normalized spacial score (nSPS) is 17.2. The van der Waals surface area contributed by atoms with Crippen LogP contribution >= 0.6 is 23.4 Å². The summed E-state index contributed by atoms with van der Waals surface area (Å²) in [5, 5.41) is 3.10. The van der Waals surface area contributed by atoms with Crippen molar-refractivity contribution in [2.24, 2.45) is 0 Å². The van der Waals surface area contributed by atoms with Crippen LogP contribution in [0.15, 0.2) is 29.2 Å². The lowest BCUT2D eigenvalue weighted by molar-refractivity contribution is -0.120. The third-order valence-corrected chi connectivity index (χ3v) is 4.88. The molecule has 1 heterocycles. The minimum absolute atomic E-state index is 0.0558. The van der Waals surface area contributed by atoms with Crippen LogP contribution in [0.25, 0.3) is 0 Å². The summed E-state index contributed by atoms with van der Waals surface area (Å²) in [6, 6.07) is 8.28. The van der Waals surface area contributed by atoms with Crippen LogP contribution in [0.4, 0.5) is 0 Å². The van der Waals surface area contributed by atoms with E-state index < -0.39 is 0 Å². The molecule has 0 aromatic heterocycles. The number of rotatable bonds is 7. The molecule has 2 rings (SSSR count). The van der Waals surface area contributed by atoms with E-state index in [9.17, 15) is 4.79 Å². The van der Waals surface area contributed by atoms with E-state index in [1.807, 2.05) is 12.1 Å². The molecule has 2 nitrogen and oxygen atoms in total. The highest BCUT2D eigenvalue weighted by Crippen LogP contribution is 2.36. The SMILES string of the molecule is O=C(NCCCCCCCl)C1Cc2ccccc2S1. The molecule has 1 unspecified atom stereocenters. The molecule has 0 spiro atoms. The molecule has 0 fully saturated rings. The lowest BCUT2D eigenvalue weighted by Gasteiger charge is -2.09. The molecule has 1 N–H and O–H groups in total. The van der Waals surface area contributed by atoms with Crippen molar-refractivity contribution in [1.29, 1.82) is 0 Å². The predicted molar refractivity (Wildman–Crippen MR) is 82.0 cm³/mol. The van der Waals surface area contributed by atoms with E-state index in [0.717, 1.165) is 44.5 Å². The number of benzene rings is 1. The van der Waals surface area contributed by atoms with Gasteiger partial charge in [0.2, 0.25) is 5.91 Å². The molecule has 0 saturated heterocycles. The zero-order chi connectivity index (χ0) is 13.5. The van der Waals surface area contributed by atoms with Gasteiger partial charge in [-0.1, -0.05) is 31.0 Å². The third kappa shape index (κ3) is 4.43. The average Bonchev–Trinajstić information content (AvgIpc) is 2.86. The Morgan fingerprint density at radius 3 is 2.84 bits per heavy atom. The van der Waals surface area contributed by atoms with Crippen molar-refractivity contribution in [1.82, 2.24) is 5.32 Å². The monoisotopic (exact) mass is 297 g/mol. The quantitative estimate of drug-likeness (QED) is 0.615. The van der Waals surface area contributed by atoms with Crippen LogP contribution in [0.2, 0.25) is 0 Å². The summed E-state index contributed by atoms with van der Waals surface area (Å²) in [5.41, 5.74) is 1.30. The van der Waals surface area contributed by atoms with Crippen LogP contribution in [-0.2, 0) is 11.2 Å². The van der Waals surface area contributed by atoms with Crippen LogP contribution in [0.1, 0.15) is 31.2 Å². The van der Waals surface area contributed by atoms with Crippen LogP contribution in [-0.4, -0.2) is 23.6 Å². The van der Waals surface area contributed by atoms with Gasteiger partial charge in [-0.2, -0.15) is 0 Å². The molecule has 0 radical (unpaired) electrons. The summed E-state index contributed by atoms with van der Waals surface area (Å²) in [7, 11) is 0. The Balaban J connectivity index is 1.66. The molecule has 0 bridgehead atoms. The van der Waals surface area contributed by atoms with Gasteiger partial charge in [0.05, 0.1) is 5.25 Å². The first kappa shape index (κ1) is 14.7. The summed E-state index contributed by atoms with van der Waals surface area (Å²) in [5.74, 6) is 0.919. The lowest BCUT2D eigenvalue weighted by atomic mass is 10.1. The first-order valence-corrected chi connectivity index (χ1v) is 8.31. The Morgan fingerprint density at radius 2 is 2.05 bits per heavy atom. The molecule has 1 atom stereocenters. The molecule has 1 aromatic rings. The van der Waals surface area contributed by atoms with E-state index in [2.05, 4.69) is 17.4 Å². The van der Waals surface area contributed by atoms with Crippen LogP contribution in [0.3, 0.4) is 0 Å². The van der Waals surface area contributed by atoms with Gasteiger partial charge in [0.15, 0.2) is 0 Å². The molecule has 1 aromatic carbocycles. The summed E-state index contributed by atoms with van der Waals surface area (Å²) in [4.78, 5) is 13.3. The number of fused-ring (bicyclic) bond motifs is 1. The number of amides is 1. The number of hydrogen-bond acceptors (Lipinski definition) is 2. The fourth-order valence-corrected chi connectivity index (χ4v) is 3.64. The summed E-state index contributed by atoms with van der Waals surface area (Å²) in [6.07, 6.45) is 5.28. The van der Waals surface area contributed by atoms with Gasteiger partial charge < -0.3 is 5.32 Å². The van der Waals surface area contributed by atoms with Gasteiger partial charge in [-0.05, 0) is 30.9 Å². The van der Waals surface area contributed by atoms with Gasteiger partial charge in [-0.15, -0.1) is 23.4 Å². The Bertz CT molecular complexity index is 399. The van der Waals surface area contributed by atoms with Crippen molar-refractivity contribution in [2.45, 2.75) is 42.2 Å². The smallest absolute Gasteiger partial charge is 0.233 e. The number of hydrogen-bond donors (Lipinski definition) is 1. The first-order chi connectivity index (χ1) is 9.31. The minimum atomic E-state index is 0.0558. The maximum absolute atomic E-state index is 12.0. The highest BCUT2D eigenvalue weighted by atomic mass is 35.5. The fraction of sp³-hybridized carbons (Fsp3) is 0.533. The summed E-state index contributed by atoms with van der Waals surface area (Å²) < 4.78 is 0. The standard InChI is InChI=1S/C15H20ClNOS/c16-9-5-1-2-6-10-17-15(18)14-11-12-7-3-4-8-13(12)19-14/h3-4,7-8,14H,1-2,5-6,9-11H2,(H,17,18). The van der Waals surface area contributed by atoms with Crippen molar-refractivity contribution in [3.63, 3.8) is 0 Å². The van der Waals surface area contributed by atoms with Gasteiger partial charge >= 0.3 is 0 Å². The van der Waals surface area contributed by atoms with Crippen LogP contribution in [0.5, 0.6) is 0 Å². The van der Waals surface area contributed by atoms with E-state index in [4.69, 9.17) is 11.6 Å². The number of halogens is 1. The van der Waals surface area contributed by atoms with Gasteiger partial charge in [-0.3, -0.25) is 4.79 Å². The maximum atomic E-state index is 12.0. The highest BCUT2D eigenvalue weighted by Gasteiger charge is 2.27. The molecule has 1 amide bonds. The van der Waals surface area contributed by atoms with E-state index in [-0.39, 0.29) is 11.2 Å². The van der Waals surface area contributed by atoms with Gasteiger partial charge in [0.25, 0.3) is 0 Å². The zero-order valence-corrected chi connectivity index (χ0v) is 12.6. The zero-order valence-electron chi connectivity index (χ0n) is 11.0. The van der Waals surface area contributed by atoms with Crippen LogP contribution < -0.4 is 5.32 Å². The molecule has 1 aliphatic rings. The second-order valence-electron chi connectivity index (χ2n) is 4.81. The van der Waals surface area contributed by atoms with Crippen molar-refractivity contribution < 1.29 is 4.79 Å². The summed E-state index contributed by atoms with van der Waals surface area (Å²) >= 11 is 7.31. The molecular formula is C15H20ClNOS. The second kappa shape index (κ2) is 7.81. The molecule has 19 heavy (non-hydrogen) atoms. The Kier molecular flexibility index (Phi) is 6.05. The molecule has 4 heteroatoms. The number of carbonyl (C=O) groups excluding carboxylic acids is 1. The molecule has 104 valence electrons. The van der Waals surface area contributed by atoms with E-state index in [1.54, 1.807) is 11.8 Å². The van der Waals surface area contributed by atoms with E-state index in [0.29, 0.717) is 0 Å². The minimum Gasteiger partial charge on any atom is -0.355 e. The fourth-order valence-electron chi connectivity index (χ4n) is 2.23. The lowest BCUT2D eigenvalue weighted by Crippen LogP contribution is -2.33. The van der Waals surface area contributed by atoms with Crippen molar-refractivity contribution in [3.05, 3.63) is 29.8 Å². The number of carbonyl (C=O) groups is 1. The van der Waals surface area contributed by atoms with Gasteiger partial charge in [0.1, 0.15) is 0 Å². The number of nitrogens with one attached hydrogen (secondary N) is 1. The Hall–Kier alpha value is -0.670. The highest BCUT2D eigenvalue weighted by molar-refractivity contribution is 8.01. The topological polar surface area (TPSA) is 29.1 Å². The van der Waals surface area contributed by atoms with Crippen LogP contribution in [0, 0.1) is 0 Å². The molecular weight excluding hydrogens is 278 g/mol. The molecule has 1 aliphatic heterocycles. The maximum Gasteiger partial charge on any atom is 0.233 e. The summed E-state index contributed by atoms with van der Waals surface area (Å²) in [6.45, 7) is 0.786. The number of thioether (sulfide) groups is 1. The van der Waals surface area contributed by atoms with Crippen molar-refractivity contribution in [3.8, 4) is 0 Å². The molecule has 0 aliphatic carbocycles. The van der Waals surface area contributed by atoms with Crippen molar-refractivity contribution in [2.75, 3.05) is 12.4 Å². The van der Waals surface area contributed by atoms with Crippen molar-refractivity contribution >= 4 is 29.3 Å². The number of alkyl halides is 1. The Labute approximate surface area is 124 Å². The van der Waals surface area contributed by atoms with E-state index in [1.165, 1.54) is 10.5 Å². The Morgan fingerprint density at radius 1 is 1.26 bits per heavy atom. The second-order valence-corrected chi connectivity index (χ2v) is 6.44. The van der Waals surface area contributed by atoms with E-state index >= 15 is 0 Å².